The topological polar surface area (TPSA) is 40.7 Å². The van der Waals surface area contributed by atoms with Crippen molar-refractivity contribution in [1.29, 1.82) is 0 Å². The number of aromatic amines is 1. The molecule has 0 bridgehead atoms. The summed E-state index contributed by atoms with van der Waals surface area (Å²) < 4.78 is 0. The monoisotopic (exact) mass is 335 g/mol. The first-order valence-electron chi connectivity index (χ1n) is 6.20. The number of halogens is 3. The number of imidazole rings is 1. The van der Waals surface area contributed by atoms with Gasteiger partial charge in [-0.05, 0) is 43.1 Å². The summed E-state index contributed by atoms with van der Waals surface area (Å²) in [6.45, 7) is 3.97. The molecule has 1 heterocycles. The Kier molecular flexibility index (Phi) is 9.68. The number of aromatic nitrogens is 2. The van der Waals surface area contributed by atoms with E-state index in [4.69, 9.17) is 11.6 Å². The minimum absolute atomic E-state index is 0. The third-order valence-corrected chi connectivity index (χ3v) is 3.18. The molecule has 0 spiro atoms. The Bertz CT molecular complexity index is 486. The Hall–Kier alpha value is -0.740. The molecular weight excluding hydrogens is 317 g/mol. The molecular formula is C14H20Cl3N3. The summed E-state index contributed by atoms with van der Waals surface area (Å²) in [4.78, 5) is 7.31. The maximum absolute atomic E-state index is 5.93. The zero-order valence-electron chi connectivity index (χ0n) is 11.4. The van der Waals surface area contributed by atoms with Gasteiger partial charge < -0.3 is 10.3 Å². The van der Waals surface area contributed by atoms with Gasteiger partial charge in [0, 0.05) is 30.4 Å². The summed E-state index contributed by atoms with van der Waals surface area (Å²) in [6.07, 6.45) is 5.72. The van der Waals surface area contributed by atoms with Crippen LogP contribution in [0.5, 0.6) is 0 Å². The van der Waals surface area contributed by atoms with Gasteiger partial charge in [0.15, 0.2) is 0 Å². The Labute approximate surface area is 137 Å². The lowest BCUT2D eigenvalue weighted by Gasteiger charge is -2.07. The molecule has 2 rings (SSSR count). The Morgan fingerprint density at radius 1 is 1.30 bits per heavy atom. The zero-order chi connectivity index (χ0) is 12.8. The molecule has 6 heteroatoms. The van der Waals surface area contributed by atoms with E-state index in [2.05, 4.69) is 28.3 Å². The van der Waals surface area contributed by atoms with Gasteiger partial charge in [-0.3, -0.25) is 0 Å². The number of benzene rings is 1. The van der Waals surface area contributed by atoms with Gasteiger partial charge in [-0.2, -0.15) is 0 Å². The number of nitrogens with one attached hydrogen (secondary N) is 2. The molecule has 20 heavy (non-hydrogen) atoms. The van der Waals surface area contributed by atoms with Crippen LogP contribution in [0.15, 0.2) is 30.6 Å². The second-order valence-electron chi connectivity index (χ2n) is 4.39. The zero-order valence-corrected chi connectivity index (χ0v) is 13.7. The average Bonchev–Trinajstić information content (AvgIpc) is 2.84. The van der Waals surface area contributed by atoms with Crippen molar-refractivity contribution in [3.63, 3.8) is 0 Å². The second kappa shape index (κ2) is 10.1. The SMILES string of the molecule is Cc1cc(Cl)ccc1CNCCCc1ncc[nH]1.Cl.Cl. The van der Waals surface area contributed by atoms with Gasteiger partial charge in [0.05, 0.1) is 0 Å². The van der Waals surface area contributed by atoms with Crippen molar-refractivity contribution in [2.24, 2.45) is 0 Å². The Morgan fingerprint density at radius 2 is 2.10 bits per heavy atom. The predicted molar refractivity (Wildman–Crippen MR) is 89.3 cm³/mol. The molecule has 112 valence electrons. The summed E-state index contributed by atoms with van der Waals surface area (Å²) in [6, 6.07) is 6.02. The fourth-order valence-corrected chi connectivity index (χ4v) is 2.12. The van der Waals surface area contributed by atoms with E-state index in [0.717, 1.165) is 36.8 Å². The van der Waals surface area contributed by atoms with Crippen LogP contribution in [0.25, 0.3) is 0 Å². The third-order valence-electron chi connectivity index (χ3n) is 2.94. The number of aryl methyl sites for hydroxylation is 2. The van der Waals surface area contributed by atoms with Crippen LogP contribution in [0.2, 0.25) is 5.02 Å². The molecule has 0 saturated carbocycles. The first-order chi connectivity index (χ1) is 8.75. The van der Waals surface area contributed by atoms with Gasteiger partial charge in [0.25, 0.3) is 0 Å². The number of nitrogens with zero attached hydrogens (tertiary/aromatic N) is 1. The lowest BCUT2D eigenvalue weighted by molar-refractivity contribution is 0.639. The van der Waals surface area contributed by atoms with Crippen molar-refractivity contribution in [1.82, 2.24) is 15.3 Å². The smallest absolute Gasteiger partial charge is 0.106 e. The van der Waals surface area contributed by atoms with Crippen molar-refractivity contribution in [3.05, 3.63) is 52.6 Å². The van der Waals surface area contributed by atoms with E-state index in [9.17, 15) is 0 Å². The first kappa shape index (κ1) is 19.3. The van der Waals surface area contributed by atoms with Crippen molar-refractivity contribution in [2.75, 3.05) is 6.54 Å². The van der Waals surface area contributed by atoms with Crippen molar-refractivity contribution >= 4 is 36.4 Å². The highest BCUT2D eigenvalue weighted by Crippen LogP contribution is 2.14. The molecule has 0 atom stereocenters. The largest absolute Gasteiger partial charge is 0.349 e. The second-order valence-corrected chi connectivity index (χ2v) is 4.82. The fraction of sp³-hybridized carbons (Fsp3) is 0.357. The molecule has 0 unspecified atom stereocenters. The van der Waals surface area contributed by atoms with Gasteiger partial charge >= 0.3 is 0 Å². The van der Waals surface area contributed by atoms with Crippen LogP contribution in [0.1, 0.15) is 23.4 Å². The molecule has 0 amide bonds. The first-order valence-corrected chi connectivity index (χ1v) is 6.57. The van der Waals surface area contributed by atoms with Gasteiger partial charge in [0.1, 0.15) is 5.82 Å². The Morgan fingerprint density at radius 3 is 2.75 bits per heavy atom. The molecule has 0 aliphatic carbocycles. The molecule has 2 N–H and O–H groups in total. The van der Waals surface area contributed by atoms with Crippen LogP contribution in [0, 0.1) is 6.92 Å². The number of hydrogen-bond acceptors (Lipinski definition) is 2. The van der Waals surface area contributed by atoms with Crippen LogP contribution in [0.3, 0.4) is 0 Å². The van der Waals surface area contributed by atoms with Gasteiger partial charge in [-0.25, -0.2) is 4.98 Å². The molecule has 0 radical (unpaired) electrons. The van der Waals surface area contributed by atoms with Gasteiger partial charge in [-0.15, -0.1) is 24.8 Å². The summed E-state index contributed by atoms with van der Waals surface area (Å²) in [5.74, 6) is 1.06. The fourth-order valence-electron chi connectivity index (χ4n) is 1.90. The van der Waals surface area contributed by atoms with E-state index < -0.39 is 0 Å². The van der Waals surface area contributed by atoms with Crippen LogP contribution >= 0.6 is 36.4 Å². The minimum Gasteiger partial charge on any atom is -0.349 e. The van der Waals surface area contributed by atoms with E-state index in [0.29, 0.717) is 0 Å². The highest BCUT2D eigenvalue weighted by molar-refractivity contribution is 6.30. The van der Waals surface area contributed by atoms with E-state index in [1.807, 2.05) is 18.3 Å². The van der Waals surface area contributed by atoms with Crippen LogP contribution in [-0.4, -0.2) is 16.5 Å². The van der Waals surface area contributed by atoms with Crippen LogP contribution in [0.4, 0.5) is 0 Å². The molecule has 0 saturated heterocycles. The van der Waals surface area contributed by atoms with Crippen molar-refractivity contribution < 1.29 is 0 Å². The molecule has 3 nitrogen and oxygen atoms in total. The number of hydrogen-bond donors (Lipinski definition) is 2. The molecule has 0 aliphatic rings. The van der Waals surface area contributed by atoms with Crippen LogP contribution in [-0.2, 0) is 13.0 Å². The lowest BCUT2D eigenvalue weighted by atomic mass is 10.1. The molecule has 1 aromatic heterocycles. The summed E-state index contributed by atoms with van der Waals surface area (Å²) in [5, 5.41) is 4.24. The summed E-state index contributed by atoms with van der Waals surface area (Å²) in [5.41, 5.74) is 2.54. The standard InChI is InChI=1S/C14H18ClN3.2ClH/c1-11-9-13(15)5-4-12(11)10-16-6-2-3-14-17-7-8-18-14;;/h4-5,7-9,16H,2-3,6,10H2,1H3,(H,17,18);2*1H. The van der Waals surface area contributed by atoms with E-state index in [1.54, 1.807) is 6.20 Å². The van der Waals surface area contributed by atoms with Crippen molar-refractivity contribution in [2.45, 2.75) is 26.3 Å². The van der Waals surface area contributed by atoms with Gasteiger partial charge in [0.2, 0.25) is 0 Å². The molecule has 0 fully saturated rings. The Balaban J connectivity index is 0.00000180. The quantitative estimate of drug-likeness (QED) is 0.785. The lowest BCUT2D eigenvalue weighted by Crippen LogP contribution is -2.16. The highest BCUT2D eigenvalue weighted by Gasteiger charge is 1.99. The van der Waals surface area contributed by atoms with E-state index in [1.165, 1.54) is 11.1 Å². The maximum Gasteiger partial charge on any atom is 0.106 e. The van der Waals surface area contributed by atoms with Crippen molar-refractivity contribution in [3.8, 4) is 0 Å². The van der Waals surface area contributed by atoms with E-state index in [-0.39, 0.29) is 24.8 Å². The average molecular weight is 337 g/mol. The minimum atomic E-state index is 0. The third kappa shape index (κ3) is 6.14. The van der Waals surface area contributed by atoms with Gasteiger partial charge in [-0.1, -0.05) is 17.7 Å². The molecule has 1 aromatic carbocycles. The summed E-state index contributed by atoms with van der Waals surface area (Å²) in [7, 11) is 0. The number of H-pyrrole nitrogens is 1. The summed E-state index contributed by atoms with van der Waals surface area (Å²) >= 11 is 5.93. The molecule has 2 aromatic rings. The highest BCUT2D eigenvalue weighted by atomic mass is 35.5. The van der Waals surface area contributed by atoms with E-state index >= 15 is 0 Å². The normalized spacial score (nSPS) is 9.70. The maximum atomic E-state index is 5.93. The molecule has 0 aliphatic heterocycles. The predicted octanol–water partition coefficient (Wildman–Crippen LogP) is 3.94. The van der Waals surface area contributed by atoms with Crippen LogP contribution < -0.4 is 5.32 Å². The number of rotatable bonds is 6.